The summed E-state index contributed by atoms with van der Waals surface area (Å²) in [6.45, 7) is 0.0255. The van der Waals surface area contributed by atoms with Gasteiger partial charge in [0.2, 0.25) is 0 Å². The van der Waals surface area contributed by atoms with Gasteiger partial charge >= 0.3 is 0 Å². The standard InChI is InChI=1S/C11H10N2O4S/c14-4-5-3-13-7-6(5)9(15)11-8(10(7)16)12-1-2-18(11)17/h3,14-16H,1-2,4H2. The van der Waals surface area contributed by atoms with E-state index >= 15 is 0 Å². The van der Waals surface area contributed by atoms with E-state index in [-0.39, 0.29) is 39.3 Å². The molecule has 2 aliphatic heterocycles. The molecule has 0 saturated heterocycles. The molecule has 3 rings (SSSR count). The number of benzene rings is 1. The van der Waals surface area contributed by atoms with E-state index in [1.165, 1.54) is 6.21 Å². The quantitative estimate of drug-likeness (QED) is 0.550. The topological polar surface area (TPSA) is 102 Å². The van der Waals surface area contributed by atoms with Gasteiger partial charge in [-0.05, 0) is 0 Å². The number of aliphatic hydroxyl groups is 1. The van der Waals surface area contributed by atoms with Gasteiger partial charge in [-0.2, -0.15) is 0 Å². The second kappa shape index (κ2) is 3.89. The first-order chi connectivity index (χ1) is 8.65. The highest BCUT2D eigenvalue weighted by Crippen LogP contribution is 2.29. The van der Waals surface area contributed by atoms with E-state index in [1.807, 2.05) is 0 Å². The summed E-state index contributed by atoms with van der Waals surface area (Å²) in [5.74, 6) is -0.0830. The number of nitrogens with zero attached hydrogens (tertiary/aromatic N) is 2. The van der Waals surface area contributed by atoms with Crippen molar-refractivity contribution in [2.45, 2.75) is 4.90 Å². The van der Waals surface area contributed by atoms with Gasteiger partial charge in [-0.25, -0.2) is 0 Å². The molecule has 94 valence electrons. The SMILES string of the molecule is O=S1CCN=c2c(O)c3c(c(O)c21)=C(CO)C=N3. The molecule has 7 heteroatoms. The summed E-state index contributed by atoms with van der Waals surface area (Å²) in [6, 6.07) is 0. The van der Waals surface area contributed by atoms with Crippen molar-refractivity contribution < 1.29 is 19.5 Å². The van der Waals surface area contributed by atoms with E-state index in [2.05, 4.69) is 9.98 Å². The molecular formula is C11H10N2O4S. The van der Waals surface area contributed by atoms with Gasteiger partial charge in [-0.3, -0.25) is 14.2 Å². The number of phenolic OH excluding ortho intramolecular Hbond substituents is 2. The molecule has 2 heterocycles. The van der Waals surface area contributed by atoms with Crippen LogP contribution in [-0.2, 0) is 10.8 Å². The Hall–Kier alpha value is -1.73. The predicted octanol–water partition coefficient (Wildman–Crippen LogP) is -1.30. The van der Waals surface area contributed by atoms with Crippen molar-refractivity contribution in [2.75, 3.05) is 18.9 Å². The lowest BCUT2D eigenvalue weighted by atomic mass is 10.1. The highest BCUT2D eigenvalue weighted by molar-refractivity contribution is 7.85. The maximum atomic E-state index is 11.9. The zero-order valence-corrected chi connectivity index (χ0v) is 10.1. The predicted molar refractivity (Wildman–Crippen MR) is 65.3 cm³/mol. The van der Waals surface area contributed by atoms with Crippen molar-refractivity contribution in [1.29, 1.82) is 0 Å². The molecule has 6 nitrogen and oxygen atoms in total. The molecular weight excluding hydrogens is 256 g/mol. The first kappa shape index (κ1) is 11.4. The smallest absolute Gasteiger partial charge is 0.168 e. The minimum atomic E-state index is -1.40. The van der Waals surface area contributed by atoms with Gasteiger partial charge in [-0.15, -0.1) is 0 Å². The fourth-order valence-electron chi connectivity index (χ4n) is 2.14. The molecule has 1 aromatic carbocycles. The van der Waals surface area contributed by atoms with Crippen LogP contribution in [0, 0.1) is 0 Å². The molecule has 18 heavy (non-hydrogen) atoms. The van der Waals surface area contributed by atoms with Gasteiger partial charge in [0.05, 0.1) is 29.2 Å². The maximum absolute atomic E-state index is 11.9. The van der Waals surface area contributed by atoms with Gasteiger partial charge in [0.15, 0.2) is 5.75 Å². The fourth-order valence-corrected chi connectivity index (χ4v) is 3.29. The minimum Gasteiger partial charge on any atom is -0.506 e. The Morgan fingerprint density at radius 1 is 1.33 bits per heavy atom. The lowest BCUT2D eigenvalue weighted by Crippen LogP contribution is -2.25. The van der Waals surface area contributed by atoms with Gasteiger partial charge in [0.1, 0.15) is 21.7 Å². The van der Waals surface area contributed by atoms with Crippen LogP contribution < -0.4 is 10.6 Å². The molecule has 1 atom stereocenters. The number of aliphatic hydroxyl groups excluding tert-OH is 1. The molecule has 0 fully saturated rings. The van der Waals surface area contributed by atoms with Gasteiger partial charge < -0.3 is 15.3 Å². The molecule has 0 aliphatic carbocycles. The first-order valence-corrected chi connectivity index (χ1v) is 6.66. The Labute approximate surface area is 104 Å². The molecule has 0 amide bonds. The molecule has 0 aromatic heterocycles. The zero-order valence-electron chi connectivity index (χ0n) is 9.25. The van der Waals surface area contributed by atoms with Crippen LogP contribution in [0.25, 0.3) is 5.57 Å². The molecule has 0 radical (unpaired) electrons. The van der Waals surface area contributed by atoms with Crippen LogP contribution in [0.15, 0.2) is 14.9 Å². The Balaban J connectivity index is 2.54. The number of aromatic hydroxyl groups is 2. The Kier molecular flexibility index (Phi) is 2.46. The van der Waals surface area contributed by atoms with Crippen molar-refractivity contribution in [3.8, 4) is 11.5 Å². The summed E-state index contributed by atoms with van der Waals surface area (Å²) in [5, 5.41) is 29.8. The summed E-state index contributed by atoms with van der Waals surface area (Å²) < 4.78 is 11.9. The largest absolute Gasteiger partial charge is 0.506 e. The molecule has 0 spiro atoms. The highest BCUT2D eigenvalue weighted by Gasteiger charge is 2.26. The summed E-state index contributed by atoms with van der Waals surface area (Å²) in [6.07, 6.45) is 1.37. The monoisotopic (exact) mass is 266 g/mol. The number of hydrogen-bond donors (Lipinski definition) is 3. The number of aliphatic imine (C=N–C) groups is 1. The average Bonchev–Trinajstić information content (AvgIpc) is 2.80. The second-order valence-electron chi connectivity index (χ2n) is 3.97. The van der Waals surface area contributed by atoms with Crippen LogP contribution in [0.1, 0.15) is 0 Å². The maximum Gasteiger partial charge on any atom is 0.168 e. The highest BCUT2D eigenvalue weighted by atomic mass is 32.2. The molecule has 0 saturated carbocycles. The van der Waals surface area contributed by atoms with E-state index in [0.29, 0.717) is 17.9 Å². The lowest BCUT2D eigenvalue weighted by molar-refractivity contribution is 0.351. The van der Waals surface area contributed by atoms with E-state index < -0.39 is 10.8 Å². The van der Waals surface area contributed by atoms with Crippen molar-refractivity contribution >= 4 is 28.3 Å². The third kappa shape index (κ3) is 1.34. The first-order valence-electron chi connectivity index (χ1n) is 5.34. The third-order valence-electron chi connectivity index (χ3n) is 2.97. The third-order valence-corrected chi connectivity index (χ3v) is 4.36. The summed E-state index contributed by atoms with van der Waals surface area (Å²) in [7, 11) is -1.40. The van der Waals surface area contributed by atoms with E-state index in [4.69, 9.17) is 0 Å². The van der Waals surface area contributed by atoms with Crippen LogP contribution in [-0.4, -0.2) is 44.6 Å². The number of rotatable bonds is 1. The molecule has 2 aliphatic rings. The normalized spacial score (nSPS) is 20.5. The van der Waals surface area contributed by atoms with Crippen LogP contribution in [0.4, 0.5) is 5.69 Å². The number of fused-ring (bicyclic) bond motifs is 2. The Morgan fingerprint density at radius 2 is 2.11 bits per heavy atom. The summed E-state index contributed by atoms with van der Waals surface area (Å²) in [4.78, 5) is 8.17. The number of hydrogen-bond acceptors (Lipinski definition) is 6. The van der Waals surface area contributed by atoms with Crippen LogP contribution in [0.2, 0.25) is 0 Å². The van der Waals surface area contributed by atoms with Crippen molar-refractivity contribution in [2.24, 2.45) is 9.98 Å². The molecule has 1 aromatic rings. The molecule has 0 bridgehead atoms. The van der Waals surface area contributed by atoms with E-state index in [1.54, 1.807) is 0 Å². The average molecular weight is 266 g/mol. The van der Waals surface area contributed by atoms with Gasteiger partial charge in [0, 0.05) is 17.5 Å². The van der Waals surface area contributed by atoms with Gasteiger partial charge in [0.25, 0.3) is 0 Å². The second-order valence-corrected chi connectivity index (χ2v) is 5.48. The Bertz CT molecular complexity index is 724. The number of phenols is 2. The van der Waals surface area contributed by atoms with Crippen LogP contribution >= 0.6 is 0 Å². The lowest BCUT2D eigenvalue weighted by Gasteiger charge is -2.12. The minimum absolute atomic E-state index is 0.133. The molecule has 3 N–H and O–H groups in total. The van der Waals surface area contributed by atoms with E-state index in [0.717, 1.165) is 0 Å². The van der Waals surface area contributed by atoms with Gasteiger partial charge in [-0.1, -0.05) is 0 Å². The van der Waals surface area contributed by atoms with Crippen molar-refractivity contribution in [3.63, 3.8) is 0 Å². The van der Waals surface area contributed by atoms with Crippen LogP contribution in [0.5, 0.6) is 11.5 Å². The van der Waals surface area contributed by atoms with Crippen molar-refractivity contribution in [1.82, 2.24) is 0 Å². The van der Waals surface area contributed by atoms with Crippen molar-refractivity contribution in [3.05, 3.63) is 10.6 Å². The Morgan fingerprint density at radius 3 is 2.83 bits per heavy atom. The van der Waals surface area contributed by atoms with E-state index in [9.17, 15) is 19.5 Å². The van der Waals surface area contributed by atoms with Crippen LogP contribution in [0.3, 0.4) is 0 Å². The fraction of sp³-hybridized carbons (Fsp3) is 0.273. The summed E-state index contributed by atoms with van der Waals surface area (Å²) >= 11 is 0. The zero-order chi connectivity index (χ0) is 12.9. The molecule has 1 unspecified atom stereocenters. The summed E-state index contributed by atoms with van der Waals surface area (Å²) in [5.41, 5.74) is 0.570.